The van der Waals surface area contributed by atoms with Gasteiger partial charge in [-0.15, -0.1) is 0 Å². The number of hydrogen-bond acceptors (Lipinski definition) is 1. The molecule has 0 aromatic heterocycles. The van der Waals surface area contributed by atoms with Crippen molar-refractivity contribution >= 4 is 0 Å². The van der Waals surface area contributed by atoms with E-state index in [9.17, 15) is 0 Å². The van der Waals surface area contributed by atoms with E-state index in [0.717, 1.165) is 30.3 Å². The summed E-state index contributed by atoms with van der Waals surface area (Å²) in [5.41, 5.74) is 1.76. The summed E-state index contributed by atoms with van der Waals surface area (Å²) < 4.78 is 0. The number of likely N-dealkylation sites (N-methyl/N-ethyl adjacent to an activating group) is 1. The van der Waals surface area contributed by atoms with Gasteiger partial charge in [-0.3, -0.25) is 0 Å². The lowest BCUT2D eigenvalue weighted by Gasteiger charge is -2.47. The summed E-state index contributed by atoms with van der Waals surface area (Å²) >= 11 is 0. The molecule has 0 spiro atoms. The molecule has 2 saturated carbocycles. The van der Waals surface area contributed by atoms with Crippen molar-refractivity contribution in [2.45, 2.75) is 70.8 Å². The van der Waals surface area contributed by atoms with Crippen LogP contribution in [0.3, 0.4) is 0 Å². The van der Waals surface area contributed by atoms with Crippen LogP contribution in [0.4, 0.5) is 0 Å². The molecule has 0 aromatic carbocycles. The van der Waals surface area contributed by atoms with Gasteiger partial charge in [0.2, 0.25) is 0 Å². The highest BCUT2D eigenvalue weighted by molar-refractivity contribution is 5.18. The topological polar surface area (TPSA) is 12.0 Å². The predicted molar refractivity (Wildman–Crippen MR) is 77.6 cm³/mol. The van der Waals surface area contributed by atoms with E-state index < -0.39 is 0 Å². The summed E-state index contributed by atoms with van der Waals surface area (Å²) in [5.74, 6) is 3.05. The van der Waals surface area contributed by atoms with Crippen LogP contribution in [-0.2, 0) is 0 Å². The lowest BCUT2D eigenvalue weighted by Crippen LogP contribution is -2.47. The van der Waals surface area contributed by atoms with Gasteiger partial charge in [0.15, 0.2) is 0 Å². The van der Waals surface area contributed by atoms with Crippen molar-refractivity contribution in [3.63, 3.8) is 0 Å². The van der Waals surface area contributed by atoms with Gasteiger partial charge in [0.25, 0.3) is 0 Å². The normalized spacial score (nSPS) is 26.9. The lowest BCUT2D eigenvalue weighted by molar-refractivity contribution is 0.0699. The zero-order chi connectivity index (χ0) is 12.4. The van der Waals surface area contributed by atoms with Gasteiger partial charge in [-0.25, -0.2) is 0 Å². The maximum Gasteiger partial charge on any atom is 0.0313 e. The highest BCUT2D eigenvalue weighted by Crippen LogP contribution is 2.48. The number of hydrogen-bond donors (Lipinski definition) is 1. The molecule has 2 fully saturated rings. The molecule has 0 heterocycles. The predicted octanol–water partition coefficient (Wildman–Crippen LogP) is 4.29. The number of allylic oxidation sites excluding steroid dienone is 1. The van der Waals surface area contributed by atoms with Crippen molar-refractivity contribution < 1.29 is 0 Å². The molecule has 0 aromatic rings. The van der Waals surface area contributed by atoms with Crippen LogP contribution < -0.4 is 5.32 Å². The van der Waals surface area contributed by atoms with Crippen LogP contribution >= 0.6 is 0 Å². The molecule has 1 atom stereocenters. The fourth-order valence-corrected chi connectivity index (χ4v) is 4.29. The third-order valence-electron chi connectivity index (χ3n) is 5.67. The Hall–Kier alpha value is -0.300. The van der Waals surface area contributed by atoms with Gasteiger partial charge in [-0.2, -0.15) is 0 Å². The molecule has 1 heteroatoms. The lowest BCUT2D eigenvalue weighted by atomic mass is 9.61. The molecule has 1 nitrogen and oxygen atoms in total. The molecular weight excluding hydrogens is 218 g/mol. The Balaban J connectivity index is 1.75. The molecule has 0 saturated heterocycles. The first-order valence-electron chi connectivity index (χ1n) is 8.32. The molecule has 1 unspecified atom stereocenters. The van der Waals surface area contributed by atoms with Crippen LogP contribution in [0.5, 0.6) is 0 Å². The van der Waals surface area contributed by atoms with Gasteiger partial charge in [0.05, 0.1) is 0 Å². The quantitative estimate of drug-likeness (QED) is 0.690. The second-order valence-electron chi connectivity index (χ2n) is 6.67. The molecule has 3 aliphatic carbocycles. The molecular formula is C17H29N. The highest BCUT2D eigenvalue weighted by Gasteiger charge is 2.41. The van der Waals surface area contributed by atoms with Crippen molar-refractivity contribution in [1.29, 1.82) is 0 Å². The van der Waals surface area contributed by atoms with E-state index in [4.69, 9.17) is 0 Å². The van der Waals surface area contributed by atoms with Crippen LogP contribution in [0.2, 0.25) is 0 Å². The Morgan fingerprint density at radius 1 is 1.11 bits per heavy atom. The van der Waals surface area contributed by atoms with E-state index in [1.807, 2.05) is 0 Å². The van der Waals surface area contributed by atoms with Gasteiger partial charge in [0, 0.05) is 6.04 Å². The second kappa shape index (κ2) is 5.77. The summed E-state index contributed by atoms with van der Waals surface area (Å²) in [6, 6.07) is 0.730. The average Bonchev–Trinajstić information content (AvgIpc) is 2.73. The maximum atomic E-state index is 3.85. The fraction of sp³-hybridized carbons (Fsp3) is 0.882. The average molecular weight is 247 g/mol. The van der Waals surface area contributed by atoms with Gasteiger partial charge < -0.3 is 5.32 Å². The van der Waals surface area contributed by atoms with Crippen molar-refractivity contribution in [1.82, 2.24) is 5.32 Å². The van der Waals surface area contributed by atoms with Crippen molar-refractivity contribution in [3.8, 4) is 0 Å². The highest BCUT2D eigenvalue weighted by atomic mass is 14.9. The third-order valence-corrected chi connectivity index (χ3v) is 5.67. The summed E-state index contributed by atoms with van der Waals surface area (Å²) in [6.07, 6.45) is 15.7. The largest absolute Gasteiger partial charge is 0.310 e. The summed E-state index contributed by atoms with van der Waals surface area (Å²) in [4.78, 5) is 0. The molecule has 3 aliphatic rings. The van der Waals surface area contributed by atoms with E-state index in [-0.39, 0.29) is 0 Å². The summed E-state index contributed by atoms with van der Waals surface area (Å²) in [7, 11) is 0. The van der Waals surface area contributed by atoms with Crippen LogP contribution in [0.25, 0.3) is 0 Å². The Morgan fingerprint density at radius 3 is 2.17 bits per heavy atom. The first kappa shape index (κ1) is 12.7. The molecule has 0 bridgehead atoms. The minimum absolute atomic E-state index is 0.730. The number of rotatable bonds is 6. The van der Waals surface area contributed by atoms with Gasteiger partial charge in [-0.05, 0) is 43.6 Å². The molecule has 0 radical (unpaired) electrons. The van der Waals surface area contributed by atoms with E-state index in [2.05, 4.69) is 18.3 Å². The molecule has 3 rings (SSSR count). The van der Waals surface area contributed by atoms with Crippen LogP contribution in [0.1, 0.15) is 64.7 Å². The van der Waals surface area contributed by atoms with Gasteiger partial charge in [0.1, 0.15) is 0 Å². The minimum Gasteiger partial charge on any atom is -0.310 e. The molecule has 0 aliphatic heterocycles. The smallest absolute Gasteiger partial charge is 0.0313 e. The molecule has 1 N–H and O–H groups in total. The van der Waals surface area contributed by atoms with Gasteiger partial charge in [-0.1, -0.05) is 57.1 Å². The van der Waals surface area contributed by atoms with E-state index in [1.165, 1.54) is 57.8 Å². The van der Waals surface area contributed by atoms with E-state index >= 15 is 0 Å². The summed E-state index contributed by atoms with van der Waals surface area (Å²) in [5, 5.41) is 3.85. The van der Waals surface area contributed by atoms with Gasteiger partial charge >= 0.3 is 0 Å². The van der Waals surface area contributed by atoms with E-state index in [0.29, 0.717) is 0 Å². The van der Waals surface area contributed by atoms with Crippen molar-refractivity contribution in [2.24, 2.45) is 17.8 Å². The Kier molecular flexibility index (Phi) is 4.08. The second-order valence-corrected chi connectivity index (χ2v) is 6.67. The fourth-order valence-electron chi connectivity index (χ4n) is 4.29. The Labute approximate surface area is 112 Å². The first-order valence-corrected chi connectivity index (χ1v) is 8.32. The monoisotopic (exact) mass is 247 g/mol. The van der Waals surface area contributed by atoms with Crippen molar-refractivity contribution in [2.75, 3.05) is 6.54 Å². The third kappa shape index (κ3) is 2.39. The van der Waals surface area contributed by atoms with Crippen LogP contribution in [-0.4, -0.2) is 12.6 Å². The van der Waals surface area contributed by atoms with Crippen LogP contribution in [0, 0.1) is 17.8 Å². The maximum absolute atomic E-state index is 3.85. The van der Waals surface area contributed by atoms with Crippen LogP contribution in [0.15, 0.2) is 11.6 Å². The summed E-state index contributed by atoms with van der Waals surface area (Å²) in [6.45, 7) is 3.42. The first-order chi connectivity index (χ1) is 8.90. The molecule has 18 heavy (non-hydrogen) atoms. The number of nitrogens with one attached hydrogen (secondary N) is 1. The zero-order valence-electron chi connectivity index (χ0n) is 12.0. The Bertz CT molecular complexity index is 285. The standard InChI is InChI=1S/C17H29N/c1-2-18-17(15-7-3-4-8-15)16(13-9-5-10-13)14-11-6-12-14/h7,13-14,16-18H,2-6,8-12H2,1H3. The molecule has 102 valence electrons. The molecule has 0 amide bonds. The minimum atomic E-state index is 0.730. The Morgan fingerprint density at radius 2 is 1.78 bits per heavy atom. The van der Waals surface area contributed by atoms with E-state index in [1.54, 1.807) is 5.57 Å². The van der Waals surface area contributed by atoms with Crippen molar-refractivity contribution in [3.05, 3.63) is 11.6 Å². The SMILES string of the molecule is CCNC(C1=CCCC1)C(C1CCC1)C1CCC1. The zero-order valence-corrected chi connectivity index (χ0v) is 12.0.